The van der Waals surface area contributed by atoms with E-state index in [2.05, 4.69) is 31.2 Å². The molecule has 0 bridgehead atoms. The van der Waals surface area contributed by atoms with Crippen LogP contribution in [0.1, 0.15) is 44.1 Å². The van der Waals surface area contributed by atoms with E-state index in [1.54, 1.807) is 23.5 Å². The van der Waals surface area contributed by atoms with E-state index in [0.29, 0.717) is 0 Å². The van der Waals surface area contributed by atoms with Crippen LogP contribution in [-0.2, 0) is 0 Å². The van der Waals surface area contributed by atoms with E-state index < -0.39 is 0 Å². The molecule has 0 saturated heterocycles. The summed E-state index contributed by atoms with van der Waals surface area (Å²) >= 11 is 5.30. The van der Waals surface area contributed by atoms with Crippen molar-refractivity contribution < 1.29 is 8.78 Å². The Hall–Kier alpha value is -1.76. The monoisotopic (exact) mass is 527 g/mol. The summed E-state index contributed by atoms with van der Waals surface area (Å²) < 4.78 is 27.1. The average Bonchev–Trinajstić information content (AvgIpc) is 2.87. The fraction of sp³-hybridized carbons (Fsp3) is 0.345. The number of nitrogens with zero attached hydrogens (tertiary/aromatic N) is 1. The molecule has 0 atom stereocenters. The molecule has 0 amide bonds. The first-order valence-corrected chi connectivity index (χ1v) is 14.9. The normalized spacial score (nSPS) is 15.0. The Bertz CT molecular complexity index is 1030. The largest absolute Gasteiger partial charge is 0.247 e. The van der Waals surface area contributed by atoms with Gasteiger partial charge >= 0.3 is 0 Å². The smallest absolute Gasteiger partial charge is 0.123 e. The average molecular weight is 528 g/mol. The zero-order valence-corrected chi connectivity index (χ0v) is 22.4. The van der Waals surface area contributed by atoms with Gasteiger partial charge in [-0.05, 0) is 86.3 Å². The first kappa shape index (κ1) is 26.3. The third-order valence-electron chi connectivity index (χ3n) is 6.00. The number of hydrogen-bond donors (Lipinski definition) is 0. The van der Waals surface area contributed by atoms with Crippen LogP contribution >= 0.6 is 35.3 Å². The molecule has 0 N–H and O–H groups in total. The standard InChI is InChI=1S/C29H31F2NS3/c1-21-7-13-25(14-8-21)32-28(33-20-22-5-3-2-4-6-22)19-29(34-26-15-9-23(30)10-16-26)35-27-17-11-24(31)12-18-27/h7-18,22,29H,2-6,19-20H2,1H3. The molecule has 1 aliphatic rings. The van der Waals surface area contributed by atoms with E-state index in [4.69, 9.17) is 4.99 Å². The molecule has 0 aromatic heterocycles. The second-order valence-corrected chi connectivity index (χ2v) is 12.9. The van der Waals surface area contributed by atoms with E-state index >= 15 is 0 Å². The molecule has 0 aliphatic heterocycles. The second-order valence-electron chi connectivity index (χ2n) is 8.93. The lowest BCUT2D eigenvalue weighted by atomic mass is 9.91. The molecule has 1 nitrogen and oxygen atoms in total. The molecule has 1 aliphatic carbocycles. The number of aliphatic imine (C=N–C) groups is 1. The van der Waals surface area contributed by atoms with Crippen molar-refractivity contribution in [1.82, 2.24) is 0 Å². The van der Waals surface area contributed by atoms with Gasteiger partial charge in [0.25, 0.3) is 0 Å². The van der Waals surface area contributed by atoms with Gasteiger partial charge in [-0.1, -0.05) is 37.0 Å². The zero-order chi connectivity index (χ0) is 24.5. The van der Waals surface area contributed by atoms with Gasteiger partial charge in [0.2, 0.25) is 0 Å². The number of rotatable bonds is 9. The predicted molar refractivity (Wildman–Crippen MR) is 150 cm³/mol. The van der Waals surface area contributed by atoms with Crippen molar-refractivity contribution in [3.05, 3.63) is 90.0 Å². The summed E-state index contributed by atoms with van der Waals surface area (Å²) in [5, 5.41) is 1.12. The van der Waals surface area contributed by atoms with Gasteiger partial charge in [0.15, 0.2) is 0 Å². The van der Waals surface area contributed by atoms with Crippen molar-refractivity contribution in [2.75, 3.05) is 5.75 Å². The highest BCUT2D eigenvalue weighted by molar-refractivity contribution is 8.17. The molecule has 4 rings (SSSR count). The number of aryl methyl sites for hydroxylation is 1. The minimum atomic E-state index is -0.234. The van der Waals surface area contributed by atoms with E-state index in [-0.39, 0.29) is 16.2 Å². The van der Waals surface area contributed by atoms with Crippen molar-refractivity contribution >= 4 is 46.0 Å². The Kier molecular flexibility index (Phi) is 10.2. The lowest BCUT2D eigenvalue weighted by molar-refractivity contribution is 0.391. The van der Waals surface area contributed by atoms with Crippen LogP contribution in [-0.4, -0.2) is 15.4 Å². The van der Waals surface area contributed by atoms with Gasteiger partial charge in [0.05, 0.1) is 15.3 Å². The molecule has 1 saturated carbocycles. The van der Waals surface area contributed by atoms with Crippen LogP contribution in [0.2, 0.25) is 0 Å². The maximum absolute atomic E-state index is 13.5. The van der Waals surface area contributed by atoms with Gasteiger partial charge in [-0.25, -0.2) is 13.8 Å². The van der Waals surface area contributed by atoms with Gasteiger partial charge < -0.3 is 0 Å². The summed E-state index contributed by atoms with van der Waals surface area (Å²) in [6.07, 6.45) is 7.41. The maximum Gasteiger partial charge on any atom is 0.123 e. The van der Waals surface area contributed by atoms with E-state index in [9.17, 15) is 8.78 Å². The van der Waals surface area contributed by atoms with Crippen LogP contribution in [0.15, 0.2) is 87.6 Å². The first-order chi connectivity index (χ1) is 17.0. The molecule has 0 spiro atoms. The maximum atomic E-state index is 13.5. The fourth-order valence-corrected chi connectivity index (χ4v) is 8.01. The van der Waals surface area contributed by atoms with Gasteiger partial charge in [0.1, 0.15) is 11.6 Å². The summed E-state index contributed by atoms with van der Waals surface area (Å²) in [7, 11) is 0. The van der Waals surface area contributed by atoms with E-state index in [1.807, 2.05) is 36.0 Å². The summed E-state index contributed by atoms with van der Waals surface area (Å²) in [5.74, 6) is 1.38. The molecule has 3 aromatic rings. The minimum Gasteiger partial charge on any atom is -0.247 e. The Balaban J connectivity index is 1.55. The summed E-state index contributed by atoms with van der Waals surface area (Å²) in [6.45, 7) is 2.08. The summed E-state index contributed by atoms with van der Waals surface area (Å²) in [6, 6.07) is 21.6. The Labute approximate surface area is 220 Å². The van der Waals surface area contributed by atoms with Gasteiger partial charge in [-0.2, -0.15) is 0 Å². The third kappa shape index (κ3) is 9.00. The molecule has 0 unspecified atom stereocenters. The lowest BCUT2D eigenvalue weighted by Gasteiger charge is -2.22. The molecule has 3 aromatic carbocycles. The minimum absolute atomic E-state index is 0.119. The molecule has 184 valence electrons. The van der Waals surface area contributed by atoms with Gasteiger partial charge in [0, 0.05) is 22.0 Å². The van der Waals surface area contributed by atoms with Crippen LogP contribution in [0.5, 0.6) is 0 Å². The Morgan fingerprint density at radius 2 is 1.34 bits per heavy atom. The number of halogens is 2. The topological polar surface area (TPSA) is 12.4 Å². The predicted octanol–water partition coefficient (Wildman–Crippen LogP) is 9.92. The van der Waals surface area contributed by atoms with Crippen LogP contribution in [0.3, 0.4) is 0 Å². The molecule has 0 radical (unpaired) electrons. The van der Waals surface area contributed by atoms with E-state index in [0.717, 1.165) is 38.6 Å². The second kappa shape index (κ2) is 13.5. The molecular formula is C29H31F2NS3. The third-order valence-corrected chi connectivity index (χ3v) is 9.76. The SMILES string of the molecule is Cc1ccc(N=C(CC(Sc2ccc(F)cc2)Sc2ccc(F)cc2)SCC2CCCCC2)cc1. The summed E-state index contributed by atoms with van der Waals surface area (Å²) in [5.41, 5.74) is 2.19. The first-order valence-electron chi connectivity index (χ1n) is 12.1. The molecule has 6 heteroatoms. The van der Waals surface area contributed by atoms with Crippen molar-refractivity contribution in [3.63, 3.8) is 0 Å². The van der Waals surface area contributed by atoms with Crippen molar-refractivity contribution in [2.45, 2.75) is 59.8 Å². The van der Waals surface area contributed by atoms with Crippen molar-refractivity contribution in [1.29, 1.82) is 0 Å². The van der Waals surface area contributed by atoms with Gasteiger partial charge in [-0.15, -0.1) is 35.3 Å². The quantitative estimate of drug-likeness (QED) is 0.119. The molecule has 1 fully saturated rings. The van der Waals surface area contributed by atoms with Crippen LogP contribution in [0.4, 0.5) is 14.5 Å². The number of thioether (sulfide) groups is 3. The molecule has 35 heavy (non-hydrogen) atoms. The summed E-state index contributed by atoms with van der Waals surface area (Å²) in [4.78, 5) is 7.09. The van der Waals surface area contributed by atoms with Crippen LogP contribution in [0.25, 0.3) is 0 Å². The molecular weight excluding hydrogens is 497 g/mol. The molecule has 0 heterocycles. The lowest BCUT2D eigenvalue weighted by Crippen LogP contribution is -2.12. The van der Waals surface area contributed by atoms with Crippen LogP contribution in [0, 0.1) is 24.5 Å². The number of benzene rings is 3. The fourth-order valence-electron chi connectivity index (χ4n) is 4.05. The van der Waals surface area contributed by atoms with Crippen molar-refractivity contribution in [2.24, 2.45) is 10.9 Å². The van der Waals surface area contributed by atoms with Crippen molar-refractivity contribution in [3.8, 4) is 0 Å². The highest BCUT2D eigenvalue weighted by Gasteiger charge is 2.20. The Morgan fingerprint density at radius 3 is 1.89 bits per heavy atom. The van der Waals surface area contributed by atoms with E-state index in [1.165, 1.54) is 61.9 Å². The highest BCUT2D eigenvalue weighted by Crippen LogP contribution is 2.40. The highest BCUT2D eigenvalue weighted by atomic mass is 32.2. The Morgan fingerprint density at radius 1 is 0.800 bits per heavy atom. The van der Waals surface area contributed by atoms with Gasteiger partial charge in [-0.3, -0.25) is 0 Å². The zero-order valence-electron chi connectivity index (χ0n) is 20.0. The number of hydrogen-bond acceptors (Lipinski definition) is 4. The van der Waals surface area contributed by atoms with Crippen LogP contribution < -0.4 is 0 Å².